The van der Waals surface area contributed by atoms with E-state index >= 15 is 0 Å². The maximum atomic E-state index is 4.97. The van der Waals surface area contributed by atoms with Crippen LogP contribution < -0.4 is 0 Å². The summed E-state index contributed by atoms with van der Waals surface area (Å²) in [4.78, 5) is 0. The molecule has 0 aromatic heterocycles. The fraction of sp³-hybridized carbons (Fsp3) is 0.857. The average Bonchev–Trinajstić information content (AvgIpc) is 1.37. The Bertz CT molecular complexity index is 10.9. The molecule has 0 fully saturated rings. The van der Waals surface area contributed by atoms with E-state index < -0.39 is 0 Å². The number of hydrogen-bond acceptors (Lipinski definition) is 0. The summed E-state index contributed by atoms with van der Waals surface area (Å²) in [6, 6.07) is 0. The van der Waals surface area contributed by atoms with Gasteiger partial charge in [0, 0.05) is 32.3 Å². The standard InChI is InChI=1S/C3H6B.4CH4.Pa/c1-2-3-4;;;;;/h1-3H2;4*1H4;/q-1;;;;;. The molecule has 0 aliphatic heterocycles. The third-order valence-corrected chi connectivity index (χ3v) is 0.204. The van der Waals surface area contributed by atoms with Crippen LogP contribution in [-0.2, 0) is 0 Å². The minimum Gasteiger partial charge on any atom is -0.344 e. The van der Waals surface area contributed by atoms with Gasteiger partial charge in [0.25, 0.3) is 0 Å². The average molecular weight is 348 g/mol. The fourth-order valence-corrected chi connectivity index (χ4v) is 0. The Morgan fingerprint density at radius 2 is 1.11 bits per heavy atom. The molecule has 0 spiro atoms. The second kappa shape index (κ2) is 61.2. The van der Waals surface area contributed by atoms with Crippen LogP contribution in [0.3, 0.4) is 0 Å². The first-order valence-corrected chi connectivity index (χ1v) is 1.41. The van der Waals surface area contributed by atoms with Crippen LogP contribution in [0.5, 0.6) is 0 Å². The summed E-state index contributed by atoms with van der Waals surface area (Å²) in [6.45, 7) is 3.48. The monoisotopic (exact) mass is 348 g/mol. The largest absolute Gasteiger partial charge is 0.344 e. The third kappa shape index (κ3) is 101. The van der Waals surface area contributed by atoms with Crippen LogP contribution in [0, 0.1) is 39.2 Å². The van der Waals surface area contributed by atoms with Crippen LogP contribution in [0.25, 0.3) is 0 Å². The molecule has 3 radical (unpaired) electrons. The molecule has 0 atom stereocenters. The quantitative estimate of drug-likeness (QED) is 0.504. The number of rotatable bonds is 1. The smallest absolute Gasteiger partial charge is 0.0618 e. The van der Waals surface area contributed by atoms with Gasteiger partial charge in [0.15, 0.2) is 0 Å². The molecule has 0 aliphatic carbocycles. The van der Waals surface area contributed by atoms with E-state index in [1.165, 1.54) is 0 Å². The second-order valence-electron chi connectivity index (χ2n) is 0.642. The summed E-state index contributed by atoms with van der Waals surface area (Å²) in [6.07, 6.45) is 1.56. The minimum absolute atomic E-state index is 0. The van der Waals surface area contributed by atoms with Gasteiger partial charge in [-0.1, -0.05) is 29.7 Å². The molecule has 0 amide bonds. The van der Waals surface area contributed by atoms with Crippen LogP contribution in [0.2, 0.25) is 6.32 Å². The van der Waals surface area contributed by atoms with E-state index in [2.05, 4.69) is 6.92 Å². The number of hydrogen-bond donors (Lipinski definition) is 0. The Morgan fingerprint density at radius 3 is 1.11 bits per heavy atom. The van der Waals surface area contributed by atoms with E-state index in [0.29, 0.717) is 6.32 Å². The molecule has 0 N–H and O–H groups in total. The minimum atomic E-state index is 0. The molecule has 0 aliphatic rings. The summed E-state index contributed by atoms with van der Waals surface area (Å²) >= 11 is 0. The van der Waals surface area contributed by atoms with E-state index in [9.17, 15) is 0 Å². The van der Waals surface area contributed by atoms with Gasteiger partial charge in [0.05, 0.1) is 7.85 Å². The van der Waals surface area contributed by atoms with Gasteiger partial charge in [-0.3, -0.25) is 0 Å². The van der Waals surface area contributed by atoms with Crippen molar-refractivity contribution in [2.24, 2.45) is 0 Å². The molecule has 0 bridgehead atoms. The van der Waals surface area contributed by atoms with Crippen LogP contribution >= 0.6 is 0 Å². The predicted octanol–water partition coefficient (Wildman–Crippen LogP) is 3.34. The van der Waals surface area contributed by atoms with E-state index in [-0.39, 0.29) is 62.0 Å². The maximum Gasteiger partial charge on any atom is 0.0618 e. The molecular weight excluding hydrogens is 326 g/mol. The zero-order valence-electron chi connectivity index (χ0n) is 3.28. The van der Waals surface area contributed by atoms with Gasteiger partial charge in [-0.25, -0.2) is 0 Å². The van der Waals surface area contributed by atoms with Crippen molar-refractivity contribution in [3.8, 4) is 0 Å². The Labute approximate surface area is 89.1 Å². The van der Waals surface area contributed by atoms with E-state index in [4.69, 9.17) is 7.85 Å². The third-order valence-electron chi connectivity index (χ3n) is 0.204. The first kappa shape index (κ1) is 49.3. The van der Waals surface area contributed by atoms with Gasteiger partial charge < -0.3 is 6.92 Å². The summed E-state index contributed by atoms with van der Waals surface area (Å²) in [5, 5.41) is 0. The molecule has 0 unspecified atom stereocenters. The van der Waals surface area contributed by atoms with Crippen molar-refractivity contribution < 1.29 is 32.3 Å². The van der Waals surface area contributed by atoms with Gasteiger partial charge in [0.1, 0.15) is 0 Å². The van der Waals surface area contributed by atoms with E-state index in [0.717, 1.165) is 6.42 Å². The van der Waals surface area contributed by atoms with Gasteiger partial charge in [-0.15, -0.1) is 6.32 Å². The molecule has 0 heterocycles. The van der Waals surface area contributed by atoms with Crippen molar-refractivity contribution in [2.45, 2.75) is 42.4 Å². The second-order valence-corrected chi connectivity index (χ2v) is 0.642. The van der Waals surface area contributed by atoms with Gasteiger partial charge in [-0.05, 0) is 0 Å². The Hall–Kier alpha value is 1.16. The van der Waals surface area contributed by atoms with Crippen molar-refractivity contribution in [1.29, 1.82) is 0 Å². The Morgan fingerprint density at radius 1 is 1.00 bits per heavy atom. The molecule has 0 saturated carbocycles. The molecule has 0 aromatic carbocycles. The molecule has 0 saturated heterocycles. The SMILES string of the molecule is C.C.C.C.[B]CC[CH2-].[Pa]. The first-order valence-electron chi connectivity index (χ1n) is 1.41. The Balaban J connectivity index is -0.00000000450. The molecular formula is C7H22BPa-. The van der Waals surface area contributed by atoms with Crippen LogP contribution in [-0.4, -0.2) is 7.85 Å². The molecule has 57 valence electrons. The Kier molecular flexibility index (Phi) is 335. The molecule has 0 nitrogen and oxygen atoms in total. The summed E-state index contributed by atoms with van der Waals surface area (Å²) < 4.78 is 0. The van der Waals surface area contributed by atoms with E-state index in [1.807, 2.05) is 0 Å². The van der Waals surface area contributed by atoms with Crippen molar-refractivity contribution in [3.63, 3.8) is 0 Å². The van der Waals surface area contributed by atoms with Crippen LogP contribution in [0.1, 0.15) is 36.1 Å². The summed E-state index contributed by atoms with van der Waals surface area (Å²) in [5.41, 5.74) is 0. The van der Waals surface area contributed by atoms with Crippen molar-refractivity contribution in [2.75, 3.05) is 0 Å². The zero-order chi connectivity index (χ0) is 3.41. The van der Waals surface area contributed by atoms with E-state index in [1.54, 1.807) is 0 Å². The summed E-state index contributed by atoms with van der Waals surface area (Å²) in [5.74, 6) is 0. The predicted molar refractivity (Wildman–Crippen MR) is 47.5 cm³/mol. The van der Waals surface area contributed by atoms with Crippen LogP contribution in [0.4, 0.5) is 0 Å². The topological polar surface area (TPSA) is 0 Å². The zero-order valence-corrected chi connectivity index (χ0v) is 8.08. The fourth-order valence-electron chi connectivity index (χ4n) is 0. The molecule has 9 heavy (non-hydrogen) atoms. The maximum absolute atomic E-state index is 4.97. The van der Waals surface area contributed by atoms with Crippen molar-refractivity contribution >= 4 is 7.85 Å². The van der Waals surface area contributed by atoms with Gasteiger partial charge in [0.2, 0.25) is 0 Å². The van der Waals surface area contributed by atoms with Crippen LogP contribution in [0.15, 0.2) is 0 Å². The van der Waals surface area contributed by atoms with Crippen molar-refractivity contribution in [3.05, 3.63) is 6.92 Å². The van der Waals surface area contributed by atoms with Gasteiger partial charge in [-0.2, -0.15) is 6.42 Å². The van der Waals surface area contributed by atoms with Crippen molar-refractivity contribution in [1.82, 2.24) is 0 Å². The summed E-state index contributed by atoms with van der Waals surface area (Å²) in [7, 11) is 4.97. The molecule has 0 aromatic rings. The normalized spacial score (nSPS) is 3.22. The van der Waals surface area contributed by atoms with Gasteiger partial charge >= 0.3 is 0 Å². The first-order chi connectivity index (χ1) is 1.91. The molecule has 2 heteroatoms. The molecule has 0 rings (SSSR count).